The Morgan fingerprint density at radius 1 is 0.862 bits per heavy atom. The Morgan fingerprint density at radius 3 is 2.38 bits per heavy atom. The number of amides is 1. The molecule has 3 rings (SSSR count). The Bertz CT molecular complexity index is 965. The number of hydrogen-bond donors (Lipinski definition) is 1. The summed E-state index contributed by atoms with van der Waals surface area (Å²) < 4.78 is 17.0. The molecule has 3 aromatic rings. The molecule has 0 saturated carbocycles. The van der Waals surface area contributed by atoms with Crippen LogP contribution in [0.4, 0.5) is 0 Å². The van der Waals surface area contributed by atoms with E-state index in [1.807, 2.05) is 81.4 Å². The van der Waals surface area contributed by atoms with Crippen LogP contribution in [0, 0.1) is 0 Å². The molecule has 1 unspecified atom stereocenters. The van der Waals surface area contributed by atoms with Crippen molar-refractivity contribution in [2.24, 2.45) is 0 Å². The van der Waals surface area contributed by atoms with E-state index < -0.39 is 0 Å². The van der Waals surface area contributed by atoms with E-state index in [2.05, 4.69) is 5.32 Å². The average molecular weight is 393 g/mol. The third-order valence-corrected chi connectivity index (χ3v) is 4.55. The highest BCUT2D eigenvalue weighted by atomic mass is 16.5. The maximum absolute atomic E-state index is 12.4. The molecule has 0 radical (unpaired) electrons. The number of carbonyl (C=O) groups is 1. The van der Waals surface area contributed by atoms with E-state index in [1.165, 1.54) is 0 Å². The standard InChI is InChI=1S/C24H27NO4/c1-4-27-22-14-13-19(15-23(22)28-5-2)17(3)25-24(26)16-29-21-12-8-10-18-9-6-7-11-20(18)21/h6-15,17H,4-5,16H2,1-3H3,(H,25,26). The van der Waals surface area contributed by atoms with Crippen LogP contribution in [0.5, 0.6) is 17.2 Å². The number of ether oxygens (including phenoxy) is 3. The molecule has 3 aromatic carbocycles. The van der Waals surface area contributed by atoms with Gasteiger partial charge in [-0.1, -0.05) is 42.5 Å². The smallest absolute Gasteiger partial charge is 0.258 e. The Balaban J connectivity index is 1.63. The Labute approximate surface area is 171 Å². The van der Waals surface area contributed by atoms with Crippen molar-refractivity contribution in [1.29, 1.82) is 0 Å². The van der Waals surface area contributed by atoms with Crippen LogP contribution in [0.15, 0.2) is 60.7 Å². The van der Waals surface area contributed by atoms with Crippen molar-refractivity contribution in [2.75, 3.05) is 19.8 Å². The summed E-state index contributed by atoms with van der Waals surface area (Å²) in [7, 11) is 0. The monoisotopic (exact) mass is 393 g/mol. The normalized spacial score (nSPS) is 11.7. The fraction of sp³-hybridized carbons (Fsp3) is 0.292. The summed E-state index contributed by atoms with van der Waals surface area (Å²) in [6, 6.07) is 19.3. The number of carbonyl (C=O) groups excluding carboxylic acids is 1. The van der Waals surface area contributed by atoms with Crippen molar-refractivity contribution in [1.82, 2.24) is 5.32 Å². The van der Waals surface area contributed by atoms with Gasteiger partial charge in [-0.25, -0.2) is 0 Å². The van der Waals surface area contributed by atoms with E-state index in [1.54, 1.807) is 0 Å². The molecule has 1 atom stereocenters. The number of hydrogen-bond acceptors (Lipinski definition) is 4. The molecule has 0 aliphatic rings. The second kappa shape index (κ2) is 9.82. The van der Waals surface area contributed by atoms with Crippen molar-refractivity contribution < 1.29 is 19.0 Å². The lowest BCUT2D eigenvalue weighted by Crippen LogP contribution is -2.31. The van der Waals surface area contributed by atoms with Gasteiger partial charge in [0.15, 0.2) is 18.1 Å². The van der Waals surface area contributed by atoms with Crippen molar-refractivity contribution >= 4 is 16.7 Å². The molecule has 29 heavy (non-hydrogen) atoms. The lowest BCUT2D eigenvalue weighted by Gasteiger charge is -2.18. The van der Waals surface area contributed by atoms with E-state index in [4.69, 9.17) is 14.2 Å². The summed E-state index contributed by atoms with van der Waals surface area (Å²) in [5.74, 6) is 1.90. The minimum absolute atomic E-state index is 0.0479. The van der Waals surface area contributed by atoms with Crippen molar-refractivity contribution in [3.8, 4) is 17.2 Å². The van der Waals surface area contributed by atoms with Crippen molar-refractivity contribution in [3.63, 3.8) is 0 Å². The Hall–Kier alpha value is -3.21. The summed E-state index contributed by atoms with van der Waals surface area (Å²) in [5.41, 5.74) is 0.940. The van der Waals surface area contributed by atoms with Gasteiger partial charge in [0.25, 0.3) is 5.91 Å². The van der Waals surface area contributed by atoms with Gasteiger partial charge < -0.3 is 19.5 Å². The highest BCUT2D eigenvalue weighted by Crippen LogP contribution is 2.31. The van der Waals surface area contributed by atoms with Gasteiger partial charge in [0, 0.05) is 5.39 Å². The van der Waals surface area contributed by atoms with Crippen molar-refractivity contribution in [3.05, 3.63) is 66.2 Å². The van der Waals surface area contributed by atoms with Crippen LogP contribution in [0.25, 0.3) is 10.8 Å². The zero-order valence-electron chi connectivity index (χ0n) is 17.1. The summed E-state index contributed by atoms with van der Waals surface area (Å²) in [6.07, 6.45) is 0. The number of nitrogens with one attached hydrogen (secondary N) is 1. The molecule has 0 aromatic heterocycles. The Morgan fingerprint density at radius 2 is 1.59 bits per heavy atom. The highest BCUT2D eigenvalue weighted by molar-refractivity contribution is 5.88. The van der Waals surface area contributed by atoms with Crippen LogP contribution in [0.3, 0.4) is 0 Å². The van der Waals surface area contributed by atoms with E-state index >= 15 is 0 Å². The maximum atomic E-state index is 12.4. The molecule has 0 spiro atoms. The third kappa shape index (κ3) is 5.19. The summed E-state index contributed by atoms with van der Waals surface area (Å²) in [6.45, 7) is 6.86. The first-order chi connectivity index (χ1) is 14.1. The van der Waals surface area contributed by atoms with E-state index in [9.17, 15) is 4.79 Å². The molecule has 1 amide bonds. The zero-order valence-corrected chi connectivity index (χ0v) is 17.1. The van der Waals surface area contributed by atoms with Crippen LogP contribution in [-0.2, 0) is 4.79 Å². The highest BCUT2D eigenvalue weighted by Gasteiger charge is 2.14. The molecule has 0 aliphatic heterocycles. The van der Waals surface area contributed by atoms with Gasteiger partial charge in [0.2, 0.25) is 0 Å². The fourth-order valence-electron chi connectivity index (χ4n) is 3.17. The molecule has 0 fully saturated rings. The molecule has 0 aliphatic carbocycles. The minimum atomic E-state index is -0.187. The first-order valence-corrected chi connectivity index (χ1v) is 9.91. The van der Waals surface area contributed by atoms with Crippen LogP contribution in [-0.4, -0.2) is 25.7 Å². The van der Waals surface area contributed by atoms with Gasteiger partial charge in [0.1, 0.15) is 5.75 Å². The zero-order chi connectivity index (χ0) is 20.6. The van der Waals surface area contributed by atoms with E-state index in [0.29, 0.717) is 30.5 Å². The van der Waals surface area contributed by atoms with Crippen LogP contribution in [0.2, 0.25) is 0 Å². The molecule has 5 nitrogen and oxygen atoms in total. The van der Waals surface area contributed by atoms with Gasteiger partial charge in [0.05, 0.1) is 19.3 Å². The summed E-state index contributed by atoms with van der Waals surface area (Å²) in [5, 5.41) is 5.04. The Kier molecular flexibility index (Phi) is 6.95. The SMILES string of the molecule is CCOc1ccc(C(C)NC(=O)COc2cccc3ccccc23)cc1OCC. The molecular weight excluding hydrogens is 366 g/mol. The van der Waals surface area contributed by atoms with Crippen LogP contribution < -0.4 is 19.5 Å². The average Bonchev–Trinajstić information content (AvgIpc) is 2.73. The second-order valence-corrected chi connectivity index (χ2v) is 6.63. The molecule has 1 N–H and O–H groups in total. The predicted octanol–water partition coefficient (Wildman–Crippen LogP) is 4.89. The van der Waals surface area contributed by atoms with E-state index in [0.717, 1.165) is 16.3 Å². The summed E-state index contributed by atoms with van der Waals surface area (Å²) >= 11 is 0. The van der Waals surface area contributed by atoms with Gasteiger partial charge in [-0.15, -0.1) is 0 Å². The van der Waals surface area contributed by atoms with Gasteiger partial charge in [-0.3, -0.25) is 4.79 Å². The van der Waals surface area contributed by atoms with Gasteiger partial charge in [-0.2, -0.15) is 0 Å². The predicted molar refractivity (Wildman–Crippen MR) is 115 cm³/mol. The fourth-order valence-corrected chi connectivity index (χ4v) is 3.17. The van der Waals surface area contributed by atoms with Gasteiger partial charge in [-0.05, 0) is 49.9 Å². The first kappa shape index (κ1) is 20.5. The van der Waals surface area contributed by atoms with Crippen molar-refractivity contribution in [2.45, 2.75) is 26.8 Å². The molecule has 0 bridgehead atoms. The molecular formula is C24H27NO4. The molecule has 5 heteroatoms. The minimum Gasteiger partial charge on any atom is -0.490 e. The quantitative estimate of drug-likeness (QED) is 0.562. The largest absolute Gasteiger partial charge is 0.490 e. The molecule has 152 valence electrons. The number of fused-ring (bicyclic) bond motifs is 1. The van der Waals surface area contributed by atoms with Crippen LogP contribution in [0.1, 0.15) is 32.4 Å². The van der Waals surface area contributed by atoms with Gasteiger partial charge >= 0.3 is 0 Å². The third-order valence-electron chi connectivity index (χ3n) is 4.55. The number of benzene rings is 3. The lowest BCUT2D eigenvalue weighted by molar-refractivity contribution is -0.123. The topological polar surface area (TPSA) is 56.8 Å². The maximum Gasteiger partial charge on any atom is 0.258 e. The summed E-state index contributed by atoms with van der Waals surface area (Å²) in [4.78, 5) is 12.4. The van der Waals surface area contributed by atoms with E-state index in [-0.39, 0.29) is 18.6 Å². The second-order valence-electron chi connectivity index (χ2n) is 6.63. The molecule has 0 saturated heterocycles. The van der Waals surface area contributed by atoms with Crippen LogP contribution >= 0.6 is 0 Å². The number of rotatable bonds is 9. The molecule has 0 heterocycles. The lowest BCUT2D eigenvalue weighted by atomic mass is 10.1. The first-order valence-electron chi connectivity index (χ1n) is 9.91.